The van der Waals surface area contributed by atoms with Crippen LogP contribution in [0.4, 0.5) is 0 Å². The van der Waals surface area contributed by atoms with Gasteiger partial charge in [0.05, 0.1) is 0 Å². The number of rotatable bonds is 31. The number of amides is 1. The van der Waals surface area contributed by atoms with Crippen LogP contribution in [0.1, 0.15) is 87.5 Å². The maximum atomic E-state index is 13.1. The van der Waals surface area contributed by atoms with E-state index in [0.29, 0.717) is 12.1 Å². The summed E-state index contributed by atoms with van der Waals surface area (Å²) in [6.07, 6.45) is 8.96. The first-order chi connectivity index (χ1) is 38.4. The van der Waals surface area contributed by atoms with E-state index in [9.17, 15) is 33.6 Å². The fourth-order valence-electron chi connectivity index (χ4n) is 6.15. The van der Waals surface area contributed by atoms with Crippen LogP contribution in [0.15, 0.2) is 34.4 Å². The van der Waals surface area contributed by atoms with E-state index in [0.717, 1.165) is 38.0 Å². The fraction of sp³-hybridized carbons (Fsp3) is 0.778. The van der Waals surface area contributed by atoms with E-state index in [2.05, 4.69) is 23.9 Å². The van der Waals surface area contributed by atoms with Gasteiger partial charge in [0.2, 0.25) is 5.91 Å². The highest BCUT2D eigenvalue weighted by atomic mass is 28.5. The largest absolute Gasteiger partial charge is 0.719 e. The molecule has 536 valence electrons. The second-order valence-electron chi connectivity index (χ2n) is 29.6. The number of nitrogens with one attached hydrogen (secondary N) is 1. The monoisotopic (exact) mass is 1490 g/mol. The molecule has 24 nitrogen and oxygen atoms in total. The molecule has 1 amide bonds. The second kappa shape index (κ2) is 42.8. The number of carbonyl (C=O) groups excluding carboxylic acids is 5. The lowest BCUT2D eigenvalue weighted by Crippen LogP contribution is -2.63. The third-order valence-corrected chi connectivity index (χ3v) is 41.2. The first-order valence-electron chi connectivity index (χ1n) is 29.9. The van der Waals surface area contributed by atoms with Crippen molar-refractivity contribution < 1.29 is 100 Å². The highest BCUT2D eigenvalue weighted by Crippen LogP contribution is 2.30. The minimum atomic E-state index is -3.80. The van der Waals surface area contributed by atoms with E-state index in [-0.39, 0.29) is 41.0 Å². The molecular weight excluding hydrogens is 1370 g/mol. The molecule has 1 aliphatic rings. The molecule has 90 heavy (non-hydrogen) atoms. The van der Waals surface area contributed by atoms with Crippen LogP contribution in [0.25, 0.3) is 0 Å². The van der Waals surface area contributed by atoms with Gasteiger partial charge in [-0.3, -0.25) is 4.79 Å². The standard InChI is InChI=1S/C20H45NO6Si4.C15H34O7Si4.C9H28O4Si4.C5H13N.C4H2O3.CH4.2H2O/c1-13-14-15-16-21-19(22)17(2)18(3)20(23)24-31(25-28(4,5)6,26-29(7,8)9)27-30(10,11)12;1-12(14(16)17)13(2)15(18)19-26(20-23(3,4)5,21-24(6,7)8)22-25(9,10)11;1-14(2,3)11-17(10,12-15(4,5)6)13-16(7,8)9;1-2-3-4-5-6;5-3-1-2-4(6)7-3;;;/h13-16H2,1-12H3,(H,21,22);1-11H3,(H,16,17);10H,1-9H3;2-6H2,1H3;1-2H;1H4;2*1H2/b18-17+;13-12+;;;;;;. The van der Waals surface area contributed by atoms with E-state index in [4.69, 9.17) is 56.7 Å². The summed E-state index contributed by atoms with van der Waals surface area (Å²) in [6, 6.07) is 0. The second-order valence-corrected chi connectivity index (χ2v) is 78.4. The fourth-order valence-corrected chi connectivity index (χ4v) is 40.1. The Morgan fingerprint density at radius 3 is 0.867 bits per heavy atom. The van der Waals surface area contributed by atoms with Gasteiger partial charge in [0.1, 0.15) is 0 Å². The molecule has 0 aromatic rings. The Bertz CT molecular complexity index is 2130. The molecule has 36 heteroatoms. The summed E-state index contributed by atoms with van der Waals surface area (Å²) in [5, 5.41) is 12.0. The normalized spacial score (nSPS) is 14.0. The molecule has 1 rings (SSSR count). The number of unbranched alkanes of at least 4 members (excludes halogenated alkanes) is 4. The zero-order chi connectivity index (χ0) is 70.0. The lowest BCUT2D eigenvalue weighted by Gasteiger charge is -2.40. The van der Waals surface area contributed by atoms with Crippen molar-refractivity contribution in [1.29, 1.82) is 0 Å². The van der Waals surface area contributed by atoms with E-state index in [1.54, 1.807) is 13.8 Å². The topological polar surface area (TPSA) is 355 Å². The van der Waals surface area contributed by atoms with Gasteiger partial charge in [0, 0.05) is 41.0 Å². The summed E-state index contributed by atoms with van der Waals surface area (Å²) in [5.74, 6) is -3.99. The lowest BCUT2D eigenvalue weighted by atomic mass is 10.1. The highest BCUT2D eigenvalue weighted by Gasteiger charge is 2.59. The first kappa shape index (κ1) is 102. The molecule has 0 aromatic heterocycles. The van der Waals surface area contributed by atoms with Gasteiger partial charge in [-0.2, -0.15) is 0 Å². The van der Waals surface area contributed by atoms with Crippen molar-refractivity contribution in [2.24, 2.45) is 5.73 Å². The van der Waals surface area contributed by atoms with Crippen LogP contribution < -0.4 is 11.1 Å². The van der Waals surface area contributed by atoms with Crippen molar-refractivity contribution in [3.8, 4) is 0 Å². The average molecular weight is 1500 g/mol. The van der Waals surface area contributed by atoms with E-state index in [1.807, 2.05) is 177 Å². The molecule has 0 spiro atoms. The molecule has 0 unspecified atom stereocenters. The molecule has 1 heterocycles. The van der Waals surface area contributed by atoms with Gasteiger partial charge in [-0.15, -0.1) is 0 Å². The third kappa shape index (κ3) is 57.7. The predicted octanol–water partition coefficient (Wildman–Crippen LogP) is 11.8. The Labute approximate surface area is 557 Å². The van der Waals surface area contributed by atoms with Crippen LogP contribution in [0.3, 0.4) is 0 Å². The Balaban J connectivity index is -0.000000210. The Kier molecular flexibility index (Phi) is 48.4. The van der Waals surface area contributed by atoms with Crippen molar-refractivity contribution in [1.82, 2.24) is 5.32 Å². The number of hydrogen-bond acceptors (Lipinski definition) is 20. The average Bonchev–Trinajstić information content (AvgIpc) is 3.61. The maximum Gasteiger partial charge on any atom is 0.719 e. The smallest absolute Gasteiger partial charge is 0.478 e. The Hall–Kier alpha value is -1.68. The summed E-state index contributed by atoms with van der Waals surface area (Å²) < 4.78 is 70.9. The highest BCUT2D eigenvalue weighted by molar-refractivity contribution is 6.90. The summed E-state index contributed by atoms with van der Waals surface area (Å²) in [7, 11) is -29.8. The Morgan fingerprint density at radius 1 is 0.433 bits per heavy atom. The predicted molar refractivity (Wildman–Crippen MR) is 391 cm³/mol. The summed E-state index contributed by atoms with van der Waals surface area (Å²) in [4.78, 5) is 79.9. The molecule has 0 saturated heterocycles. The van der Waals surface area contributed by atoms with E-state index >= 15 is 0 Å². The summed E-state index contributed by atoms with van der Waals surface area (Å²) >= 11 is 0. The van der Waals surface area contributed by atoms with E-state index < -0.39 is 132 Å². The van der Waals surface area contributed by atoms with Crippen molar-refractivity contribution >= 4 is 138 Å². The van der Waals surface area contributed by atoms with Gasteiger partial charge in [0.15, 0.2) is 74.9 Å². The number of hydrogen-bond donors (Lipinski definition) is 4. The van der Waals surface area contributed by atoms with Gasteiger partial charge in [-0.1, -0.05) is 47.0 Å². The number of cyclic esters (lactones) is 2. The number of esters is 2. The van der Waals surface area contributed by atoms with Gasteiger partial charge in [-0.05, 0) is 224 Å². The number of aliphatic carboxylic acids is 1. The van der Waals surface area contributed by atoms with Crippen molar-refractivity contribution in [3.05, 3.63) is 34.4 Å². The molecule has 0 saturated carbocycles. The number of nitrogens with two attached hydrogens (primary N) is 1. The van der Waals surface area contributed by atoms with Gasteiger partial charge in [0.25, 0.3) is 0 Å². The number of carboxylic acid groups (broad SMARTS) is 1. The van der Waals surface area contributed by atoms with E-state index in [1.165, 1.54) is 33.1 Å². The van der Waals surface area contributed by atoms with Crippen molar-refractivity contribution in [3.63, 3.8) is 0 Å². The van der Waals surface area contributed by atoms with Crippen LogP contribution >= 0.6 is 0 Å². The number of carboxylic acids is 1. The first-order valence-corrected chi connectivity index (χ1v) is 65.5. The molecule has 0 atom stereocenters. The molecule has 0 aliphatic carbocycles. The van der Waals surface area contributed by atoms with Crippen LogP contribution in [-0.2, 0) is 79.4 Å². The van der Waals surface area contributed by atoms with Crippen LogP contribution in [-0.4, -0.2) is 172 Å². The van der Waals surface area contributed by atoms with Gasteiger partial charge >= 0.3 is 57.0 Å². The van der Waals surface area contributed by atoms with Crippen molar-refractivity contribution in [2.75, 3.05) is 13.1 Å². The zero-order valence-electron chi connectivity index (χ0n) is 61.1. The molecule has 9 N–H and O–H groups in total. The molecule has 0 aromatic carbocycles. The molecule has 0 bridgehead atoms. The minimum Gasteiger partial charge on any atom is -0.478 e. The quantitative estimate of drug-likeness (QED) is 0.0165. The number of ether oxygens (including phenoxy) is 1. The zero-order valence-corrected chi connectivity index (χ0v) is 73.1. The lowest BCUT2D eigenvalue weighted by molar-refractivity contribution is -0.150. The van der Waals surface area contributed by atoms with Crippen LogP contribution in [0.2, 0.25) is 177 Å². The number of carbonyl (C=O) groups is 6. The van der Waals surface area contributed by atoms with Crippen molar-refractivity contribution in [2.45, 2.75) is 264 Å². The maximum absolute atomic E-state index is 13.1. The summed E-state index contributed by atoms with van der Waals surface area (Å²) in [6.45, 7) is 65.9. The van der Waals surface area contributed by atoms with Crippen LogP contribution in [0.5, 0.6) is 0 Å². The summed E-state index contributed by atoms with van der Waals surface area (Å²) in [5.41, 5.74) is 5.71. The van der Waals surface area contributed by atoms with Gasteiger partial charge in [-0.25, -0.2) is 24.0 Å². The SMILES string of the molecule is C.C/C(C(=O)O)=C(/C)C(=O)O[Si](O[Si](C)(C)C)(O[Si](C)(C)C)O[Si](C)(C)C.CCCCCN.CCCCCNC(=O)/C(C)=C(\C)C(=O)O[Si](O[Si](C)(C)C)(O[Si](C)(C)C)O[Si](C)(C)C.C[Si](C)(C)O[Si](O)(O[Si](C)(C)C)O[Si](C)(C)C.O.O.O=C1C=CC(=O)O1. The molecule has 1 aliphatic heterocycles. The molecular formula is C54H130N2O22Si12. The minimum absolute atomic E-state index is 0. The Morgan fingerprint density at radius 2 is 0.678 bits per heavy atom. The van der Waals surface area contributed by atoms with Gasteiger partial charge < -0.3 is 82.5 Å². The van der Waals surface area contributed by atoms with Crippen LogP contribution in [0, 0.1) is 0 Å². The molecule has 0 fully saturated rings. The third-order valence-electron chi connectivity index (χ3n) is 9.16. The molecule has 0 radical (unpaired) electrons.